The Hall–Kier alpha value is -3.35. The van der Waals surface area contributed by atoms with Crippen LogP contribution in [-0.4, -0.2) is 36.8 Å². The first-order valence-electron chi connectivity index (χ1n) is 10.3. The molecule has 1 aliphatic rings. The van der Waals surface area contributed by atoms with E-state index in [1.54, 1.807) is 25.2 Å². The second kappa shape index (κ2) is 8.06. The van der Waals surface area contributed by atoms with Crippen molar-refractivity contribution < 1.29 is 18.8 Å². The summed E-state index contributed by atoms with van der Waals surface area (Å²) in [5, 5.41) is 4.14. The van der Waals surface area contributed by atoms with Gasteiger partial charge in [0.2, 0.25) is 17.6 Å². The number of anilines is 1. The molecule has 7 heteroatoms. The summed E-state index contributed by atoms with van der Waals surface area (Å²) in [6.07, 6.45) is 0.305. The molecular formula is C24H27N3O4. The number of amides is 1. The molecule has 0 spiro atoms. The third kappa shape index (κ3) is 4.13. The summed E-state index contributed by atoms with van der Waals surface area (Å²) in [6.45, 7) is 6.98. The van der Waals surface area contributed by atoms with E-state index < -0.39 is 0 Å². The van der Waals surface area contributed by atoms with Crippen LogP contribution in [0.4, 0.5) is 5.69 Å². The van der Waals surface area contributed by atoms with Crippen molar-refractivity contribution in [3.05, 3.63) is 53.9 Å². The van der Waals surface area contributed by atoms with Gasteiger partial charge in [-0.1, -0.05) is 50.2 Å². The number of hydrogen-bond donors (Lipinski definition) is 0. The van der Waals surface area contributed by atoms with Gasteiger partial charge in [-0.25, -0.2) is 0 Å². The molecule has 2 aromatic carbocycles. The van der Waals surface area contributed by atoms with Crippen LogP contribution >= 0.6 is 0 Å². The zero-order valence-corrected chi connectivity index (χ0v) is 18.5. The fraction of sp³-hybridized carbons (Fsp3) is 0.375. The van der Waals surface area contributed by atoms with Gasteiger partial charge in [-0.15, -0.1) is 0 Å². The van der Waals surface area contributed by atoms with Gasteiger partial charge in [-0.3, -0.25) is 4.79 Å². The number of rotatable bonds is 5. The summed E-state index contributed by atoms with van der Waals surface area (Å²) < 4.78 is 16.2. The van der Waals surface area contributed by atoms with Crippen molar-refractivity contribution in [3.63, 3.8) is 0 Å². The van der Waals surface area contributed by atoms with Gasteiger partial charge >= 0.3 is 0 Å². The molecule has 7 nitrogen and oxygen atoms in total. The summed E-state index contributed by atoms with van der Waals surface area (Å²) in [5.41, 5.74) is 2.91. The third-order valence-electron chi connectivity index (χ3n) is 5.60. The molecule has 3 aromatic rings. The average molecular weight is 421 g/mol. The van der Waals surface area contributed by atoms with Crippen LogP contribution in [0.3, 0.4) is 0 Å². The molecule has 0 radical (unpaired) electrons. The van der Waals surface area contributed by atoms with Gasteiger partial charge in [0.1, 0.15) is 11.5 Å². The van der Waals surface area contributed by atoms with E-state index in [2.05, 4.69) is 43.0 Å². The second-order valence-electron chi connectivity index (χ2n) is 8.73. The van der Waals surface area contributed by atoms with E-state index in [1.165, 1.54) is 5.56 Å². The molecule has 0 aliphatic carbocycles. The molecule has 2 heterocycles. The maximum atomic E-state index is 12.7. The van der Waals surface area contributed by atoms with Crippen molar-refractivity contribution in [1.82, 2.24) is 10.1 Å². The SMILES string of the molecule is COc1ccc(N2CC(c3nc(-c4ccc(C(C)(C)C)cc4)no3)CC2=O)c(OC)c1. The van der Waals surface area contributed by atoms with Crippen LogP contribution in [0.15, 0.2) is 47.0 Å². The topological polar surface area (TPSA) is 77.7 Å². The highest BCUT2D eigenvalue weighted by Crippen LogP contribution is 2.38. The normalized spacial score (nSPS) is 16.6. The molecule has 0 N–H and O–H groups in total. The number of carbonyl (C=O) groups is 1. The molecule has 0 saturated carbocycles. The van der Waals surface area contributed by atoms with Crippen LogP contribution in [0.5, 0.6) is 11.5 Å². The maximum Gasteiger partial charge on any atom is 0.232 e. The van der Waals surface area contributed by atoms with Gasteiger partial charge in [-0.2, -0.15) is 4.98 Å². The smallest absolute Gasteiger partial charge is 0.232 e. The zero-order chi connectivity index (χ0) is 22.2. The summed E-state index contributed by atoms with van der Waals surface area (Å²) in [5.74, 6) is 2.07. The first-order chi connectivity index (χ1) is 14.8. The number of aromatic nitrogens is 2. The molecule has 1 fully saturated rings. The molecule has 31 heavy (non-hydrogen) atoms. The minimum Gasteiger partial charge on any atom is -0.497 e. The second-order valence-corrected chi connectivity index (χ2v) is 8.73. The number of hydrogen-bond acceptors (Lipinski definition) is 6. The van der Waals surface area contributed by atoms with Crippen LogP contribution in [0, 0.1) is 0 Å². The molecule has 0 bridgehead atoms. The number of ether oxygens (including phenoxy) is 2. The first-order valence-corrected chi connectivity index (χ1v) is 10.3. The number of benzene rings is 2. The van der Waals surface area contributed by atoms with Crippen molar-refractivity contribution in [2.75, 3.05) is 25.7 Å². The van der Waals surface area contributed by atoms with Crippen LogP contribution in [0.2, 0.25) is 0 Å². The molecule has 1 aromatic heterocycles. The third-order valence-corrected chi connectivity index (χ3v) is 5.60. The van der Waals surface area contributed by atoms with Gasteiger partial charge in [0.15, 0.2) is 0 Å². The van der Waals surface area contributed by atoms with Crippen molar-refractivity contribution in [2.45, 2.75) is 38.5 Å². The first kappa shape index (κ1) is 20.9. The highest BCUT2D eigenvalue weighted by Gasteiger charge is 2.36. The van der Waals surface area contributed by atoms with E-state index >= 15 is 0 Å². The van der Waals surface area contributed by atoms with Gasteiger partial charge in [0.25, 0.3) is 0 Å². The highest BCUT2D eigenvalue weighted by molar-refractivity contribution is 5.97. The van der Waals surface area contributed by atoms with Gasteiger partial charge in [0.05, 0.1) is 25.8 Å². The Labute approximate surface area is 182 Å². The standard InChI is InChI=1S/C24H27N3O4/c1-24(2,3)17-8-6-15(7-9-17)22-25-23(31-26-22)16-12-21(28)27(14-16)19-11-10-18(29-4)13-20(19)30-5/h6-11,13,16H,12,14H2,1-5H3. The van der Waals surface area contributed by atoms with Crippen molar-refractivity contribution >= 4 is 11.6 Å². The van der Waals surface area contributed by atoms with Crippen LogP contribution < -0.4 is 14.4 Å². The van der Waals surface area contributed by atoms with E-state index in [0.29, 0.717) is 41.9 Å². The van der Waals surface area contributed by atoms with E-state index in [0.717, 1.165) is 5.56 Å². The fourth-order valence-corrected chi connectivity index (χ4v) is 3.75. The molecule has 1 atom stereocenters. The Morgan fingerprint density at radius 2 is 1.81 bits per heavy atom. The van der Waals surface area contributed by atoms with Crippen molar-refractivity contribution in [2.24, 2.45) is 0 Å². The van der Waals surface area contributed by atoms with Crippen LogP contribution in [0.25, 0.3) is 11.4 Å². The largest absolute Gasteiger partial charge is 0.497 e. The quantitative estimate of drug-likeness (QED) is 0.600. The number of methoxy groups -OCH3 is 2. The van der Waals surface area contributed by atoms with E-state index in [4.69, 9.17) is 14.0 Å². The fourth-order valence-electron chi connectivity index (χ4n) is 3.75. The lowest BCUT2D eigenvalue weighted by atomic mass is 9.87. The predicted octanol–water partition coefficient (Wildman–Crippen LogP) is 4.57. The Morgan fingerprint density at radius 3 is 2.45 bits per heavy atom. The summed E-state index contributed by atoms with van der Waals surface area (Å²) in [7, 11) is 3.17. The Balaban J connectivity index is 1.54. The van der Waals surface area contributed by atoms with Gasteiger partial charge in [0, 0.05) is 24.6 Å². The highest BCUT2D eigenvalue weighted by atomic mass is 16.5. The lowest BCUT2D eigenvalue weighted by Crippen LogP contribution is -2.24. The van der Waals surface area contributed by atoms with Gasteiger partial charge in [-0.05, 0) is 23.1 Å². The van der Waals surface area contributed by atoms with Crippen molar-refractivity contribution in [3.8, 4) is 22.9 Å². The predicted molar refractivity (Wildman–Crippen MR) is 118 cm³/mol. The minimum atomic E-state index is -0.172. The lowest BCUT2D eigenvalue weighted by Gasteiger charge is -2.19. The molecule has 162 valence electrons. The zero-order valence-electron chi connectivity index (χ0n) is 18.5. The summed E-state index contributed by atoms with van der Waals surface area (Å²) >= 11 is 0. The monoisotopic (exact) mass is 421 g/mol. The molecule has 1 saturated heterocycles. The molecule has 1 aliphatic heterocycles. The maximum absolute atomic E-state index is 12.7. The summed E-state index contributed by atoms with van der Waals surface area (Å²) in [6, 6.07) is 13.6. The van der Waals surface area contributed by atoms with Crippen LogP contribution in [-0.2, 0) is 10.2 Å². The van der Waals surface area contributed by atoms with E-state index in [-0.39, 0.29) is 17.2 Å². The Bertz CT molecular complexity index is 1080. The Kier molecular flexibility index (Phi) is 5.43. The average Bonchev–Trinajstić information content (AvgIpc) is 3.39. The van der Waals surface area contributed by atoms with Crippen LogP contribution in [0.1, 0.15) is 44.6 Å². The molecule has 1 unspecified atom stereocenters. The molecule has 4 rings (SSSR count). The minimum absolute atomic E-state index is 0.0113. The lowest BCUT2D eigenvalue weighted by molar-refractivity contribution is -0.117. The Morgan fingerprint density at radius 1 is 1.06 bits per heavy atom. The molecular weight excluding hydrogens is 394 g/mol. The van der Waals surface area contributed by atoms with Gasteiger partial charge < -0.3 is 18.9 Å². The molecule has 1 amide bonds. The number of nitrogens with zero attached hydrogens (tertiary/aromatic N) is 3. The van der Waals surface area contributed by atoms with Crippen molar-refractivity contribution in [1.29, 1.82) is 0 Å². The summed E-state index contributed by atoms with van der Waals surface area (Å²) in [4.78, 5) is 19.0. The van der Waals surface area contributed by atoms with E-state index in [1.807, 2.05) is 24.3 Å². The number of carbonyl (C=O) groups excluding carboxylic acids is 1. The van der Waals surface area contributed by atoms with E-state index in [9.17, 15) is 4.79 Å².